The molecule has 1 aliphatic heterocycles. The van der Waals surface area contributed by atoms with Crippen LogP contribution in [0.5, 0.6) is 0 Å². The fourth-order valence-electron chi connectivity index (χ4n) is 4.07. The van der Waals surface area contributed by atoms with E-state index in [2.05, 4.69) is 40.2 Å². The lowest BCUT2D eigenvalue weighted by molar-refractivity contribution is -0.132. The van der Waals surface area contributed by atoms with Gasteiger partial charge in [0.15, 0.2) is 0 Å². The maximum absolute atomic E-state index is 12.7. The number of carbonyl (C=O) groups excluding carboxylic acids is 1. The Hall–Kier alpha value is -2.70. The smallest absolute Gasteiger partial charge is 0.222 e. The first kappa shape index (κ1) is 18.3. The lowest BCUT2D eigenvalue weighted by Crippen LogP contribution is -2.48. The quantitative estimate of drug-likeness (QED) is 0.546. The van der Waals surface area contributed by atoms with E-state index >= 15 is 0 Å². The van der Waals surface area contributed by atoms with Crippen LogP contribution in [-0.4, -0.2) is 51.9 Å². The first-order valence-electron chi connectivity index (χ1n) is 10.2. The number of para-hydroxylation sites is 2. The fraction of sp³-hybridized carbons (Fsp3) is 0.304. The first-order valence-corrected chi connectivity index (χ1v) is 11.0. The minimum Gasteiger partial charge on any atom is -0.361 e. The Bertz CT molecular complexity index is 1110. The molecule has 0 atom stereocenters. The highest BCUT2D eigenvalue weighted by Gasteiger charge is 2.22. The number of hydrogen-bond donors (Lipinski definition) is 1. The van der Waals surface area contributed by atoms with Crippen molar-refractivity contribution in [2.45, 2.75) is 19.4 Å². The number of carbonyl (C=O) groups is 1. The molecule has 1 aliphatic rings. The largest absolute Gasteiger partial charge is 0.361 e. The van der Waals surface area contributed by atoms with Crippen molar-refractivity contribution in [1.29, 1.82) is 0 Å². The number of nitrogens with one attached hydrogen (secondary N) is 1. The van der Waals surface area contributed by atoms with Gasteiger partial charge in [0.25, 0.3) is 0 Å². The molecule has 0 bridgehead atoms. The van der Waals surface area contributed by atoms with Crippen LogP contribution >= 0.6 is 11.3 Å². The van der Waals surface area contributed by atoms with Crippen LogP contribution in [0.1, 0.15) is 17.0 Å². The number of aromatic amines is 1. The number of benzene rings is 2. The Kier molecular flexibility index (Phi) is 5.04. The highest BCUT2D eigenvalue weighted by atomic mass is 32.1. The van der Waals surface area contributed by atoms with E-state index in [0.717, 1.165) is 55.2 Å². The van der Waals surface area contributed by atoms with Crippen LogP contribution < -0.4 is 0 Å². The van der Waals surface area contributed by atoms with Crippen molar-refractivity contribution in [2.75, 3.05) is 26.2 Å². The van der Waals surface area contributed by atoms with Crippen LogP contribution in [-0.2, 0) is 17.8 Å². The van der Waals surface area contributed by atoms with Crippen LogP contribution in [0.3, 0.4) is 0 Å². The maximum atomic E-state index is 12.7. The minimum atomic E-state index is 0.259. The molecule has 5 nitrogen and oxygen atoms in total. The third-order valence-electron chi connectivity index (χ3n) is 5.71. The van der Waals surface area contributed by atoms with Gasteiger partial charge in [-0.2, -0.15) is 0 Å². The molecule has 1 amide bonds. The highest BCUT2D eigenvalue weighted by molar-refractivity contribution is 7.18. The van der Waals surface area contributed by atoms with Gasteiger partial charge in [0.1, 0.15) is 5.01 Å². The zero-order valence-corrected chi connectivity index (χ0v) is 17.1. The number of fused-ring (bicyclic) bond motifs is 2. The molecule has 29 heavy (non-hydrogen) atoms. The highest BCUT2D eigenvalue weighted by Crippen LogP contribution is 2.23. The number of H-pyrrole nitrogens is 1. The lowest BCUT2D eigenvalue weighted by atomic mass is 10.1. The Labute approximate surface area is 174 Å². The first-order chi connectivity index (χ1) is 14.3. The van der Waals surface area contributed by atoms with Crippen molar-refractivity contribution < 1.29 is 4.79 Å². The molecule has 3 heterocycles. The van der Waals surface area contributed by atoms with E-state index in [1.807, 2.05) is 29.3 Å². The summed E-state index contributed by atoms with van der Waals surface area (Å²) in [5, 5.41) is 2.38. The van der Waals surface area contributed by atoms with Crippen LogP contribution in [0.15, 0.2) is 54.7 Å². The molecule has 0 aliphatic carbocycles. The second-order valence-electron chi connectivity index (χ2n) is 7.59. The van der Waals surface area contributed by atoms with Crippen molar-refractivity contribution in [3.05, 3.63) is 65.3 Å². The molecule has 6 heteroatoms. The van der Waals surface area contributed by atoms with Gasteiger partial charge in [-0.05, 0) is 30.2 Å². The van der Waals surface area contributed by atoms with Gasteiger partial charge in [0.05, 0.1) is 16.8 Å². The van der Waals surface area contributed by atoms with Gasteiger partial charge in [-0.3, -0.25) is 9.69 Å². The second-order valence-corrected chi connectivity index (χ2v) is 8.71. The predicted octanol–water partition coefficient (Wildman–Crippen LogP) is 4.05. The van der Waals surface area contributed by atoms with Crippen LogP contribution in [0, 0.1) is 0 Å². The van der Waals surface area contributed by atoms with Crippen molar-refractivity contribution in [1.82, 2.24) is 19.8 Å². The zero-order chi connectivity index (χ0) is 19.6. The maximum Gasteiger partial charge on any atom is 0.222 e. The normalized spacial score (nSPS) is 15.4. The van der Waals surface area contributed by atoms with Crippen molar-refractivity contribution in [3.8, 4) is 0 Å². The SMILES string of the molecule is O=C(CCc1c[nH]c2ccccc12)N1CCN(Cc2nc3ccccc3s2)CC1. The minimum absolute atomic E-state index is 0.259. The number of aromatic nitrogens is 2. The summed E-state index contributed by atoms with van der Waals surface area (Å²) in [6.45, 7) is 4.30. The van der Waals surface area contributed by atoms with Gasteiger partial charge in [0, 0.05) is 49.7 Å². The lowest BCUT2D eigenvalue weighted by Gasteiger charge is -2.34. The van der Waals surface area contributed by atoms with Crippen LogP contribution in [0.25, 0.3) is 21.1 Å². The predicted molar refractivity (Wildman–Crippen MR) is 118 cm³/mol. The van der Waals surface area contributed by atoms with Crippen molar-refractivity contribution >= 4 is 38.4 Å². The molecule has 0 spiro atoms. The number of piperazine rings is 1. The van der Waals surface area contributed by atoms with Crippen molar-refractivity contribution in [2.24, 2.45) is 0 Å². The molecule has 5 rings (SSSR count). The monoisotopic (exact) mass is 404 g/mol. The molecule has 0 radical (unpaired) electrons. The second kappa shape index (κ2) is 7.97. The molecule has 1 N–H and O–H groups in total. The van der Waals surface area contributed by atoms with E-state index in [1.165, 1.54) is 15.6 Å². The molecule has 1 fully saturated rings. The number of hydrogen-bond acceptors (Lipinski definition) is 4. The van der Waals surface area contributed by atoms with Gasteiger partial charge in [0.2, 0.25) is 5.91 Å². The fourth-order valence-corrected chi connectivity index (χ4v) is 5.08. The van der Waals surface area contributed by atoms with Gasteiger partial charge in [-0.1, -0.05) is 30.3 Å². The van der Waals surface area contributed by atoms with Crippen LogP contribution in [0.2, 0.25) is 0 Å². The topological polar surface area (TPSA) is 52.2 Å². The number of nitrogens with zero attached hydrogens (tertiary/aromatic N) is 3. The summed E-state index contributed by atoms with van der Waals surface area (Å²) in [6, 6.07) is 16.6. The van der Waals surface area contributed by atoms with E-state index in [9.17, 15) is 4.79 Å². The Morgan fingerprint density at radius 3 is 2.69 bits per heavy atom. The summed E-state index contributed by atoms with van der Waals surface area (Å²) >= 11 is 1.77. The van der Waals surface area contributed by atoms with Gasteiger partial charge in [-0.25, -0.2) is 4.98 Å². The summed E-state index contributed by atoms with van der Waals surface area (Å²) in [4.78, 5) is 25.2. The average Bonchev–Trinajstić information content (AvgIpc) is 3.36. The summed E-state index contributed by atoms with van der Waals surface area (Å²) in [5.41, 5.74) is 3.44. The standard InChI is InChI=1S/C23H24N4OS/c28-23(10-9-17-15-24-19-6-2-1-5-18(17)19)27-13-11-26(12-14-27)16-22-25-20-7-3-4-8-21(20)29-22/h1-8,15,24H,9-14,16H2. The summed E-state index contributed by atoms with van der Waals surface area (Å²) < 4.78 is 1.24. The van der Waals surface area contributed by atoms with E-state index in [1.54, 1.807) is 11.3 Å². The Morgan fingerprint density at radius 1 is 1.03 bits per heavy atom. The molecule has 2 aromatic heterocycles. The third kappa shape index (κ3) is 3.91. The van der Waals surface area contributed by atoms with Crippen molar-refractivity contribution in [3.63, 3.8) is 0 Å². The van der Waals surface area contributed by atoms with E-state index in [4.69, 9.17) is 4.98 Å². The number of aryl methyl sites for hydroxylation is 1. The number of thiazole rings is 1. The molecule has 0 saturated carbocycles. The van der Waals surface area contributed by atoms with E-state index in [-0.39, 0.29) is 5.91 Å². The van der Waals surface area contributed by atoms with E-state index < -0.39 is 0 Å². The van der Waals surface area contributed by atoms with Gasteiger partial charge in [-0.15, -0.1) is 11.3 Å². The van der Waals surface area contributed by atoms with Crippen LogP contribution in [0.4, 0.5) is 0 Å². The Morgan fingerprint density at radius 2 is 1.83 bits per heavy atom. The third-order valence-corrected chi connectivity index (χ3v) is 6.73. The summed E-state index contributed by atoms with van der Waals surface area (Å²) in [5.74, 6) is 0.259. The molecule has 1 saturated heterocycles. The summed E-state index contributed by atoms with van der Waals surface area (Å²) in [6.07, 6.45) is 3.39. The molecular formula is C23H24N4OS. The van der Waals surface area contributed by atoms with E-state index in [0.29, 0.717) is 6.42 Å². The molecule has 2 aromatic carbocycles. The molecule has 0 unspecified atom stereocenters. The van der Waals surface area contributed by atoms with Gasteiger partial charge < -0.3 is 9.88 Å². The molecular weight excluding hydrogens is 380 g/mol. The zero-order valence-electron chi connectivity index (χ0n) is 16.3. The molecule has 148 valence electrons. The van der Waals surface area contributed by atoms with Gasteiger partial charge >= 0.3 is 0 Å². The number of amides is 1. The summed E-state index contributed by atoms with van der Waals surface area (Å²) in [7, 11) is 0. The number of rotatable bonds is 5. The Balaban J connectivity index is 1.13. The average molecular weight is 405 g/mol. The molecule has 4 aromatic rings.